The first-order valence-electron chi connectivity index (χ1n) is 6.01. The van der Waals surface area contributed by atoms with Gasteiger partial charge in [-0.25, -0.2) is 9.59 Å². The molecule has 106 valence electrons. The van der Waals surface area contributed by atoms with Crippen LogP contribution in [0.25, 0.3) is 12.2 Å². The van der Waals surface area contributed by atoms with Gasteiger partial charge in [-0.3, -0.25) is 0 Å². The molecule has 5 heteroatoms. The van der Waals surface area contributed by atoms with Crippen LogP contribution in [0.4, 0.5) is 0 Å². The highest BCUT2D eigenvalue weighted by atomic mass is 79.9. The molecule has 4 nitrogen and oxygen atoms in total. The summed E-state index contributed by atoms with van der Waals surface area (Å²) in [5.41, 5.74) is 1.35. The van der Waals surface area contributed by atoms with Crippen molar-refractivity contribution in [2.75, 3.05) is 0 Å². The molecule has 0 aromatic heterocycles. The highest BCUT2D eigenvalue weighted by Gasteiger charge is 2.10. The lowest BCUT2D eigenvalue weighted by Gasteiger charge is -2.02. The first-order valence-corrected chi connectivity index (χ1v) is 6.80. The van der Waals surface area contributed by atoms with Crippen molar-refractivity contribution < 1.29 is 19.8 Å². The molecule has 0 aliphatic rings. The molecule has 0 heterocycles. The lowest BCUT2D eigenvalue weighted by atomic mass is 10.0. The highest BCUT2D eigenvalue weighted by Crippen LogP contribution is 2.16. The van der Waals surface area contributed by atoms with Crippen LogP contribution in [-0.2, 0) is 0 Å². The first-order chi connectivity index (χ1) is 9.95. The summed E-state index contributed by atoms with van der Waals surface area (Å²) in [5.74, 6) is -2.31. The molecule has 2 N–H and O–H groups in total. The second-order valence-electron chi connectivity index (χ2n) is 4.34. The number of hydrogen-bond donors (Lipinski definition) is 2. The van der Waals surface area contributed by atoms with Crippen LogP contribution >= 0.6 is 15.9 Å². The van der Waals surface area contributed by atoms with Gasteiger partial charge in [0.25, 0.3) is 0 Å². The molecule has 0 unspecified atom stereocenters. The van der Waals surface area contributed by atoms with E-state index in [-0.39, 0.29) is 11.1 Å². The molecule has 0 aliphatic carbocycles. The maximum absolute atomic E-state index is 11.0. The van der Waals surface area contributed by atoms with Gasteiger partial charge in [-0.15, -0.1) is 0 Å². The van der Waals surface area contributed by atoms with Crippen LogP contribution < -0.4 is 0 Å². The maximum Gasteiger partial charge on any atom is 0.335 e. The van der Waals surface area contributed by atoms with E-state index in [2.05, 4.69) is 15.9 Å². The minimum absolute atomic E-state index is 0.0506. The van der Waals surface area contributed by atoms with E-state index in [1.54, 1.807) is 12.2 Å². The molecule has 21 heavy (non-hydrogen) atoms. The number of halogens is 1. The number of carbonyl (C=O) groups is 2. The van der Waals surface area contributed by atoms with Crippen molar-refractivity contribution in [3.8, 4) is 0 Å². The molecule has 2 aromatic carbocycles. The van der Waals surface area contributed by atoms with Gasteiger partial charge in [0.05, 0.1) is 11.1 Å². The topological polar surface area (TPSA) is 74.6 Å². The van der Waals surface area contributed by atoms with Gasteiger partial charge >= 0.3 is 11.9 Å². The van der Waals surface area contributed by atoms with Crippen molar-refractivity contribution in [2.45, 2.75) is 0 Å². The number of rotatable bonds is 4. The quantitative estimate of drug-likeness (QED) is 0.820. The van der Waals surface area contributed by atoms with Gasteiger partial charge in [0, 0.05) is 4.47 Å². The zero-order valence-corrected chi connectivity index (χ0v) is 12.4. The number of benzene rings is 2. The third-order valence-corrected chi connectivity index (χ3v) is 3.32. The van der Waals surface area contributed by atoms with Crippen molar-refractivity contribution in [3.05, 3.63) is 69.2 Å². The van der Waals surface area contributed by atoms with Gasteiger partial charge in [-0.05, 0) is 41.5 Å². The van der Waals surface area contributed by atoms with E-state index in [9.17, 15) is 9.59 Å². The molecule has 0 bridgehead atoms. The molecule has 2 rings (SSSR count). The van der Waals surface area contributed by atoms with Crippen LogP contribution in [0.3, 0.4) is 0 Å². The Labute approximate surface area is 129 Å². The van der Waals surface area contributed by atoms with Gasteiger partial charge < -0.3 is 10.2 Å². The van der Waals surface area contributed by atoms with Crippen molar-refractivity contribution in [1.29, 1.82) is 0 Å². The van der Waals surface area contributed by atoms with Crippen molar-refractivity contribution in [3.63, 3.8) is 0 Å². The molecule has 2 aromatic rings. The minimum atomic E-state index is -1.16. The van der Waals surface area contributed by atoms with Crippen LogP contribution in [0.1, 0.15) is 31.8 Å². The zero-order valence-electron chi connectivity index (χ0n) is 10.8. The Kier molecular flexibility index (Phi) is 4.55. The summed E-state index contributed by atoms with van der Waals surface area (Å²) in [6.45, 7) is 0. The van der Waals surface area contributed by atoms with E-state index in [1.165, 1.54) is 12.1 Å². The van der Waals surface area contributed by atoms with E-state index in [4.69, 9.17) is 10.2 Å². The molecule has 0 atom stereocenters. The summed E-state index contributed by atoms with van der Waals surface area (Å²) < 4.78 is 0.959. The molecule has 0 radical (unpaired) electrons. The normalized spacial score (nSPS) is 10.7. The standard InChI is InChI=1S/C16H11BrO4/c17-14-5-3-10(4-6-14)1-2-11-7-12(15(18)19)9-13(8-11)16(20)21/h1-9H,(H,18,19)(H,20,21)/b2-1+. The molecule has 0 saturated heterocycles. The minimum Gasteiger partial charge on any atom is -0.478 e. The van der Waals surface area contributed by atoms with Crippen molar-refractivity contribution in [2.24, 2.45) is 0 Å². The predicted molar refractivity (Wildman–Crippen MR) is 83.4 cm³/mol. The summed E-state index contributed by atoms with van der Waals surface area (Å²) in [4.78, 5) is 22.0. The monoisotopic (exact) mass is 346 g/mol. The predicted octanol–water partition coefficient (Wildman–Crippen LogP) is 4.02. The Morgan fingerprint density at radius 1 is 0.810 bits per heavy atom. The second kappa shape index (κ2) is 6.37. The molecule has 0 fully saturated rings. The van der Waals surface area contributed by atoms with Crippen LogP contribution in [0.5, 0.6) is 0 Å². The van der Waals surface area contributed by atoms with Gasteiger partial charge in [0.2, 0.25) is 0 Å². The lowest BCUT2D eigenvalue weighted by Crippen LogP contribution is -2.02. The van der Waals surface area contributed by atoms with E-state index in [1.807, 2.05) is 24.3 Å². The van der Waals surface area contributed by atoms with Crippen molar-refractivity contribution >= 4 is 40.0 Å². The van der Waals surface area contributed by atoms with E-state index < -0.39 is 11.9 Å². The number of aromatic carboxylic acids is 2. The second-order valence-corrected chi connectivity index (χ2v) is 5.25. The van der Waals surface area contributed by atoms with Crippen LogP contribution in [-0.4, -0.2) is 22.2 Å². The highest BCUT2D eigenvalue weighted by molar-refractivity contribution is 9.10. The third-order valence-electron chi connectivity index (χ3n) is 2.79. The average Bonchev–Trinajstić information content (AvgIpc) is 2.46. The van der Waals surface area contributed by atoms with Crippen LogP contribution in [0, 0.1) is 0 Å². The summed E-state index contributed by atoms with van der Waals surface area (Å²) in [6, 6.07) is 11.6. The van der Waals surface area contributed by atoms with Gasteiger partial charge in [-0.1, -0.05) is 40.2 Å². The summed E-state index contributed by atoms with van der Waals surface area (Å²) in [6.07, 6.45) is 3.47. The van der Waals surface area contributed by atoms with Crippen LogP contribution in [0.15, 0.2) is 46.9 Å². The van der Waals surface area contributed by atoms with E-state index >= 15 is 0 Å². The summed E-state index contributed by atoms with van der Waals surface area (Å²) in [7, 11) is 0. The van der Waals surface area contributed by atoms with Gasteiger partial charge in [-0.2, -0.15) is 0 Å². The molecule has 0 saturated carbocycles. The summed E-state index contributed by atoms with van der Waals surface area (Å²) >= 11 is 3.34. The van der Waals surface area contributed by atoms with Crippen molar-refractivity contribution in [1.82, 2.24) is 0 Å². The largest absolute Gasteiger partial charge is 0.478 e. The van der Waals surface area contributed by atoms with E-state index in [0.29, 0.717) is 5.56 Å². The smallest absolute Gasteiger partial charge is 0.335 e. The van der Waals surface area contributed by atoms with Crippen LogP contribution in [0.2, 0.25) is 0 Å². The molecular weight excluding hydrogens is 336 g/mol. The number of carboxylic acid groups (broad SMARTS) is 2. The van der Waals surface area contributed by atoms with Gasteiger partial charge in [0.15, 0.2) is 0 Å². The Balaban J connectivity index is 2.36. The Bertz CT molecular complexity index is 685. The van der Waals surface area contributed by atoms with Gasteiger partial charge in [0.1, 0.15) is 0 Å². The zero-order chi connectivity index (χ0) is 15.4. The first kappa shape index (κ1) is 15.0. The lowest BCUT2D eigenvalue weighted by molar-refractivity contribution is 0.0696. The summed E-state index contributed by atoms with van der Waals surface area (Å²) in [5, 5.41) is 18.0. The third kappa shape index (κ3) is 4.03. The number of hydrogen-bond acceptors (Lipinski definition) is 2. The fourth-order valence-electron chi connectivity index (χ4n) is 1.76. The molecule has 0 amide bonds. The Morgan fingerprint density at radius 2 is 1.29 bits per heavy atom. The Hall–Kier alpha value is -2.40. The molecule has 0 aliphatic heterocycles. The van der Waals surface area contributed by atoms with E-state index in [0.717, 1.165) is 16.1 Å². The average molecular weight is 347 g/mol. The molecule has 0 spiro atoms. The Morgan fingerprint density at radius 3 is 1.76 bits per heavy atom. The maximum atomic E-state index is 11.0. The molecular formula is C16H11BrO4. The SMILES string of the molecule is O=C(O)c1cc(/C=C/c2ccc(Br)cc2)cc(C(=O)O)c1. The fourth-order valence-corrected chi connectivity index (χ4v) is 2.03. The fraction of sp³-hybridized carbons (Fsp3) is 0. The number of carboxylic acids is 2.